The van der Waals surface area contributed by atoms with Gasteiger partial charge in [-0.05, 0) is 25.8 Å². The number of para-hydroxylation sites is 1. The number of nitrogens with one attached hydrogen (secondary N) is 2. The van der Waals surface area contributed by atoms with Crippen LogP contribution in [0.4, 0.5) is 0 Å². The highest BCUT2D eigenvalue weighted by Crippen LogP contribution is 2.18. The molecule has 0 amide bonds. The van der Waals surface area contributed by atoms with E-state index in [1.54, 1.807) is 7.05 Å². The maximum absolute atomic E-state index is 5.68. The summed E-state index contributed by atoms with van der Waals surface area (Å²) in [4.78, 5) is 4.34. The third kappa shape index (κ3) is 6.12. The Balaban J connectivity index is 0.00000364. The number of hydrogen-bond donors (Lipinski definition) is 2. The molecule has 0 saturated heterocycles. The molecule has 150 valence electrons. The molecule has 0 bridgehead atoms. The molecule has 1 aromatic carbocycles. The number of benzene rings is 1. The molecular formula is C20H32IN5O. The standard InChI is InChI=1S/C20H31N5O.HI/c1-6-17-16(18(7-2)25(5)24-17)14-23-20(21-4)22-13-15-11-9-10-12-19(15)26-8-3;/h9-12H,6-8,13-14H2,1-5H3,(H2,21,22,23);1H. The van der Waals surface area contributed by atoms with Crippen LogP contribution < -0.4 is 15.4 Å². The Morgan fingerprint density at radius 1 is 1.11 bits per heavy atom. The van der Waals surface area contributed by atoms with Crippen LogP contribution in [0.3, 0.4) is 0 Å². The van der Waals surface area contributed by atoms with Crippen molar-refractivity contribution in [1.29, 1.82) is 0 Å². The van der Waals surface area contributed by atoms with Gasteiger partial charge in [0, 0.05) is 44.0 Å². The summed E-state index contributed by atoms with van der Waals surface area (Å²) in [6.07, 6.45) is 1.90. The van der Waals surface area contributed by atoms with E-state index < -0.39 is 0 Å². The van der Waals surface area contributed by atoms with Crippen LogP contribution in [0.2, 0.25) is 0 Å². The number of hydrogen-bond acceptors (Lipinski definition) is 3. The molecule has 1 heterocycles. The largest absolute Gasteiger partial charge is 0.494 e. The van der Waals surface area contributed by atoms with Gasteiger partial charge in [0.15, 0.2) is 5.96 Å². The minimum atomic E-state index is 0. The molecule has 7 heteroatoms. The van der Waals surface area contributed by atoms with Crippen molar-refractivity contribution in [2.75, 3.05) is 13.7 Å². The molecule has 6 nitrogen and oxygen atoms in total. The molecule has 0 spiro atoms. The summed E-state index contributed by atoms with van der Waals surface area (Å²) >= 11 is 0. The van der Waals surface area contributed by atoms with Gasteiger partial charge in [0.05, 0.1) is 12.3 Å². The molecule has 0 aliphatic carbocycles. The van der Waals surface area contributed by atoms with Crippen molar-refractivity contribution in [1.82, 2.24) is 20.4 Å². The lowest BCUT2D eigenvalue weighted by molar-refractivity contribution is 0.336. The summed E-state index contributed by atoms with van der Waals surface area (Å²) in [5, 5.41) is 11.4. The van der Waals surface area contributed by atoms with Crippen LogP contribution in [0.1, 0.15) is 43.3 Å². The van der Waals surface area contributed by atoms with Crippen molar-refractivity contribution in [3.05, 3.63) is 46.8 Å². The number of aromatic nitrogens is 2. The Labute approximate surface area is 179 Å². The lowest BCUT2D eigenvalue weighted by atomic mass is 10.1. The van der Waals surface area contributed by atoms with Gasteiger partial charge in [-0.25, -0.2) is 0 Å². The molecule has 2 aromatic rings. The predicted molar refractivity (Wildman–Crippen MR) is 122 cm³/mol. The van der Waals surface area contributed by atoms with Crippen molar-refractivity contribution in [3.63, 3.8) is 0 Å². The highest BCUT2D eigenvalue weighted by molar-refractivity contribution is 14.0. The van der Waals surface area contributed by atoms with Crippen molar-refractivity contribution < 1.29 is 4.74 Å². The maximum atomic E-state index is 5.68. The molecule has 0 fully saturated rings. The van der Waals surface area contributed by atoms with Gasteiger partial charge in [-0.15, -0.1) is 24.0 Å². The molecule has 2 rings (SSSR count). The summed E-state index contributed by atoms with van der Waals surface area (Å²) in [5.41, 5.74) is 4.80. The SMILES string of the molecule is CCOc1ccccc1CNC(=NC)NCc1c(CC)nn(C)c1CC.I. The monoisotopic (exact) mass is 485 g/mol. The minimum Gasteiger partial charge on any atom is -0.494 e. The number of guanidine groups is 1. The molecule has 27 heavy (non-hydrogen) atoms. The molecule has 0 unspecified atom stereocenters. The number of nitrogens with zero attached hydrogens (tertiary/aromatic N) is 3. The lowest BCUT2D eigenvalue weighted by Gasteiger charge is -2.15. The molecule has 0 saturated carbocycles. The van der Waals surface area contributed by atoms with Gasteiger partial charge < -0.3 is 15.4 Å². The summed E-state index contributed by atoms with van der Waals surface area (Å²) in [6, 6.07) is 8.07. The Hall–Kier alpha value is -1.77. The van der Waals surface area contributed by atoms with Crippen LogP contribution in [-0.2, 0) is 33.0 Å². The smallest absolute Gasteiger partial charge is 0.191 e. The van der Waals surface area contributed by atoms with Gasteiger partial charge in [0.1, 0.15) is 5.75 Å². The Morgan fingerprint density at radius 2 is 1.81 bits per heavy atom. The molecule has 2 N–H and O–H groups in total. The average molecular weight is 485 g/mol. The van der Waals surface area contributed by atoms with Gasteiger partial charge >= 0.3 is 0 Å². The summed E-state index contributed by atoms with van der Waals surface area (Å²) < 4.78 is 7.67. The van der Waals surface area contributed by atoms with Crippen molar-refractivity contribution in [2.45, 2.75) is 46.7 Å². The molecule has 0 aliphatic heterocycles. The van der Waals surface area contributed by atoms with E-state index >= 15 is 0 Å². The summed E-state index contributed by atoms with van der Waals surface area (Å²) in [7, 11) is 3.80. The normalized spacial score (nSPS) is 11.1. The fourth-order valence-corrected chi connectivity index (χ4v) is 3.11. The van der Waals surface area contributed by atoms with Crippen LogP contribution in [0, 0.1) is 0 Å². The van der Waals surface area contributed by atoms with Crippen molar-refractivity contribution in [2.24, 2.45) is 12.0 Å². The first-order chi connectivity index (χ1) is 12.6. The first kappa shape index (κ1) is 23.3. The Morgan fingerprint density at radius 3 is 2.44 bits per heavy atom. The van der Waals surface area contributed by atoms with Crippen LogP contribution >= 0.6 is 24.0 Å². The quantitative estimate of drug-likeness (QED) is 0.342. The summed E-state index contributed by atoms with van der Waals surface area (Å²) in [6.45, 7) is 8.33. The number of rotatable bonds is 8. The molecule has 0 radical (unpaired) electrons. The van der Waals surface area contributed by atoms with Crippen LogP contribution in [0.15, 0.2) is 29.3 Å². The number of aliphatic imine (C=N–C) groups is 1. The predicted octanol–water partition coefficient (Wildman–Crippen LogP) is 3.43. The van der Waals surface area contributed by atoms with E-state index in [0.717, 1.165) is 35.8 Å². The highest BCUT2D eigenvalue weighted by atomic mass is 127. The molecule has 1 aromatic heterocycles. The number of ether oxygens (including phenoxy) is 1. The van der Waals surface area contributed by atoms with Crippen LogP contribution in [0.5, 0.6) is 5.75 Å². The van der Waals surface area contributed by atoms with E-state index in [4.69, 9.17) is 4.74 Å². The van der Waals surface area contributed by atoms with E-state index in [1.165, 1.54) is 11.3 Å². The van der Waals surface area contributed by atoms with E-state index in [9.17, 15) is 0 Å². The maximum Gasteiger partial charge on any atom is 0.191 e. The van der Waals surface area contributed by atoms with Crippen molar-refractivity contribution >= 4 is 29.9 Å². The topological polar surface area (TPSA) is 63.5 Å². The third-order valence-electron chi connectivity index (χ3n) is 4.40. The van der Waals surface area contributed by atoms with Crippen molar-refractivity contribution in [3.8, 4) is 5.75 Å². The van der Waals surface area contributed by atoms with E-state index in [2.05, 4.69) is 40.6 Å². The van der Waals surface area contributed by atoms with Gasteiger partial charge in [0.2, 0.25) is 0 Å². The van der Waals surface area contributed by atoms with Gasteiger partial charge in [-0.1, -0.05) is 32.0 Å². The average Bonchev–Trinajstić information content (AvgIpc) is 2.97. The lowest BCUT2D eigenvalue weighted by Crippen LogP contribution is -2.36. The molecule has 0 aliphatic rings. The Bertz CT molecular complexity index is 742. The van der Waals surface area contributed by atoms with Gasteiger partial charge in [-0.3, -0.25) is 9.67 Å². The fourth-order valence-electron chi connectivity index (χ4n) is 3.11. The molecular weight excluding hydrogens is 453 g/mol. The summed E-state index contributed by atoms with van der Waals surface area (Å²) in [5.74, 6) is 1.68. The van der Waals surface area contributed by atoms with Gasteiger partial charge in [-0.2, -0.15) is 5.10 Å². The van der Waals surface area contributed by atoms with E-state index in [1.807, 2.05) is 36.9 Å². The third-order valence-corrected chi connectivity index (χ3v) is 4.40. The van der Waals surface area contributed by atoms with Crippen LogP contribution in [-0.4, -0.2) is 29.4 Å². The first-order valence-corrected chi connectivity index (χ1v) is 9.33. The zero-order chi connectivity index (χ0) is 18.9. The second kappa shape index (κ2) is 11.8. The van der Waals surface area contributed by atoms with Crippen LogP contribution in [0.25, 0.3) is 0 Å². The minimum absolute atomic E-state index is 0. The first-order valence-electron chi connectivity index (χ1n) is 9.33. The second-order valence-electron chi connectivity index (χ2n) is 6.02. The number of halogens is 1. The Kier molecular flexibility index (Phi) is 10.2. The fraction of sp³-hybridized carbons (Fsp3) is 0.500. The second-order valence-corrected chi connectivity index (χ2v) is 6.02. The highest BCUT2D eigenvalue weighted by Gasteiger charge is 2.14. The van der Waals surface area contributed by atoms with Gasteiger partial charge in [0.25, 0.3) is 0 Å². The zero-order valence-electron chi connectivity index (χ0n) is 17.0. The number of aryl methyl sites for hydroxylation is 2. The molecule has 0 atom stereocenters. The van der Waals surface area contributed by atoms with E-state index in [-0.39, 0.29) is 24.0 Å². The zero-order valence-corrected chi connectivity index (χ0v) is 19.3. The van der Waals surface area contributed by atoms with E-state index in [0.29, 0.717) is 19.7 Å².